The Bertz CT molecular complexity index is 334. The Labute approximate surface area is 109 Å². The second-order valence-corrected chi connectivity index (χ2v) is 6.72. The van der Waals surface area contributed by atoms with Crippen molar-refractivity contribution in [3.63, 3.8) is 0 Å². The predicted molar refractivity (Wildman–Crippen MR) is 71.1 cm³/mol. The number of nitrogens with two attached hydrogens (primary N) is 1. The van der Waals surface area contributed by atoms with Crippen molar-refractivity contribution in [2.75, 3.05) is 13.1 Å². The molecule has 1 amide bonds. The smallest absolute Gasteiger partial charge is 0.238 e. The van der Waals surface area contributed by atoms with Crippen molar-refractivity contribution in [1.29, 1.82) is 0 Å². The molecule has 18 heavy (non-hydrogen) atoms. The highest BCUT2D eigenvalue weighted by Gasteiger charge is 2.42. The molecule has 0 aliphatic heterocycles. The standard InChI is InChI=1S/C14H25N3O/c1-14(13(15)18,16-11-4-5-11)9-17(12-6-7-12)8-10-2-3-10/h10-12,16H,2-9H2,1H3,(H2,15,18). The maximum absolute atomic E-state index is 11.8. The van der Waals surface area contributed by atoms with Gasteiger partial charge < -0.3 is 5.73 Å². The van der Waals surface area contributed by atoms with Crippen LogP contribution in [0.4, 0.5) is 0 Å². The zero-order valence-corrected chi connectivity index (χ0v) is 11.3. The van der Waals surface area contributed by atoms with Gasteiger partial charge in [-0.15, -0.1) is 0 Å². The van der Waals surface area contributed by atoms with Crippen molar-refractivity contribution in [3.05, 3.63) is 0 Å². The fourth-order valence-electron chi connectivity index (χ4n) is 2.69. The van der Waals surface area contributed by atoms with E-state index >= 15 is 0 Å². The van der Waals surface area contributed by atoms with Gasteiger partial charge in [-0.3, -0.25) is 15.0 Å². The van der Waals surface area contributed by atoms with Gasteiger partial charge in [0.25, 0.3) is 0 Å². The topological polar surface area (TPSA) is 58.4 Å². The lowest BCUT2D eigenvalue weighted by atomic mass is 10.00. The van der Waals surface area contributed by atoms with Gasteiger partial charge in [0, 0.05) is 25.2 Å². The first-order valence-corrected chi connectivity index (χ1v) is 7.38. The minimum absolute atomic E-state index is 0.198. The van der Waals surface area contributed by atoms with Gasteiger partial charge in [0.1, 0.15) is 5.54 Å². The SMILES string of the molecule is CC(CN(CC1CC1)C1CC1)(NC1CC1)C(N)=O. The third kappa shape index (κ3) is 3.04. The summed E-state index contributed by atoms with van der Waals surface area (Å²) >= 11 is 0. The summed E-state index contributed by atoms with van der Waals surface area (Å²) in [5, 5.41) is 3.46. The number of hydrogen-bond acceptors (Lipinski definition) is 3. The van der Waals surface area contributed by atoms with Crippen LogP contribution in [0.5, 0.6) is 0 Å². The molecule has 3 rings (SSSR count). The molecule has 1 unspecified atom stereocenters. The van der Waals surface area contributed by atoms with Crippen LogP contribution in [0, 0.1) is 5.92 Å². The number of carbonyl (C=O) groups excluding carboxylic acids is 1. The highest BCUT2D eigenvalue weighted by Crippen LogP contribution is 2.35. The largest absolute Gasteiger partial charge is 0.368 e. The van der Waals surface area contributed by atoms with Gasteiger partial charge in [-0.2, -0.15) is 0 Å². The Morgan fingerprint density at radius 1 is 1.28 bits per heavy atom. The van der Waals surface area contributed by atoms with Crippen molar-refractivity contribution in [1.82, 2.24) is 10.2 Å². The number of nitrogens with zero attached hydrogens (tertiary/aromatic N) is 1. The van der Waals surface area contributed by atoms with Gasteiger partial charge in [0.15, 0.2) is 0 Å². The third-order valence-electron chi connectivity index (χ3n) is 4.42. The number of amides is 1. The van der Waals surface area contributed by atoms with Gasteiger partial charge in [-0.05, 0) is 51.4 Å². The monoisotopic (exact) mass is 251 g/mol. The maximum atomic E-state index is 11.8. The van der Waals surface area contributed by atoms with Gasteiger partial charge in [-0.1, -0.05) is 0 Å². The molecular weight excluding hydrogens is 226 g/mol. The van der Waals surface area contributed by atoms with Crippen LogP contribution in [0.15, 0.2) is 0 Å². The van der Waals surface area contributed by atoms with Crippen LogP contribution in [0.2, 0.25) is 0 Å². The van der Waals surface area contributed by atoms with Gasteiger partial charge in [0.2, 0.25) is 5.91 Å². The Kier molecular flexibility index (Phi) is 3.10. The summed E-state index contributed by atoms with van der Waals surface area (Å²) in [7, 11) is 0. The molecule has 0 aromatic rings. The quantitative estimate of drug-likeness (QED) is 0.672. The van der Waals surface area contributed by atoms with E-state index in [9.17, 15) is 4.79 Å². The molecule has 3 saturated carbocycles. The molecule has 102 valence electrons. The van der Waals surface area contributed by atoms with Gasteiger partial charge in [0.05, 0.1) is 0 Å². The molecule has 0 bridgehead atoms. The zero-order valence-electron chi connectivity index (χ0n) is 11.3. The summed E-state index contributed by atoms with van der Waals surface area (Å²) in [5.74, 6) is 0.680. The Morgan fingerprint density at radius 2 is 1.94 bits per heavy atom. The maximum Gasteiger partial charge on any atom is 0.238 e. The van der Waals surface area contributed by atoms with Gasteiger partial charge in [-0.25, -0.2) is 0 Å². The second kappa shape index (κ2) is 4.49. The van der Waals surface area contributed by atoms with E-state index in [-0.39, 0.29) is 5.91 Å². The van der Waals surface area contributed by atoms with Crippen LogP contribution in [0.25, 0.3) is 0 Å². The van der Waals surface area contributed by atoms with Crippen molar-refractivity contribution < 1.29 is 4.79 Å². The Hall–Kier alpha value is -0.610. The Balaban J connectivity index is 1.62. The Morgan fingerprint density at radius 3 is 2.39 bits per heavy atom. The summed E-state index contributed by atoms with van der Waals surface area (Å²) in [6.45, 7) is 3.94. The highest BCUT2D eigenvalue weighted by molar-refractivity contribution is 5.84. The van der Waals surface area contributed by atoms with E-state index in [1.54, 1.807) is 0 Å². The van der Waals surface area contributed by atoms with E-state index < -0.39 is 5.54 Å². The minimum atomic E-state index is -0.543. The molecule has 0 saturated heterocycles. The lowest BCUT2D eigenvalue weighted by molar-refractivity contribution is -0.124. The molecule has 3 N–H and O–H groups in total. The van der Waals surface area contributed by atoms with Crippen LogP contribution in [-0.2, 0) is 4.79 Å². The molecular formula is C14H25N3O. The first kappa shape index (κ1) is 12.4. The lowest BCUT2D eigenvalue weighted by Crippen LogP contribution is -2.60. The number of carbonyl (C=O) groups is 1. The van der Waals surface area contributed by atoms with E-state index in [4.69, 9.17) is 5.73 Å². The molecule has 0 aromatic heterocycles. The van der Waals surface area contributed by atoms with Crippen molar-refractivity contribution in [2.24, 2.45) is 11.7 Å². The van der Waals surface area contributed by atoms with Crippen LogP contribution < -0.4 is 11.1 Å². The van der Waals surface area contributed by atoms with Crippen LogP contribution in [-0.4, -0.2) is 41.5 Å². The molecule has 0 spiro atoms. The van der Waals surface area contributed by atoms with Crippen LogP contribution >= 0.6 is 0 Å². The molecule has 1 atom stereocenters. The molecule has 0 heterocycles. The number of nitrogens with one attached hydrogen (secondary N) is 1. The van der Waals surface area contributed by atoms with E-state index in [1.165, 1.54) is 45.1 Å². The summed E-state index contributed by atoms with van der Waals surface area (Å²) < 4.78 is 0. The fourth-order valence-corrected chi connectivity index (χ4v) is 2.69. The number of primary amides is 1. The first-order chi connectivity index (χ1) is 8.57. The van der Waals surface area contributed by atoms with Gasteiger partial charge >= 0.3 is 0 Å². The van der Waals surface area contributed by atoms with E-state index in [0.29, 0.717) is 12.1 Å². The molecule has 4 heteroatoms. The van der Waals surface area contributed by atoms with E-state index in [1.807, 2.05) is 6.92 Å². The summed E-state index contributed by atoms with van der Waals surface area (Å²) in [5.41, 5.74) is 5.09. The van der Waals surface area contributed by atoms with E-state index in [2.05, 4.69) is 10.2 Å². The van der Waals surface area contributed by atoms with Crippen molar-refractivity contribution >= 4 is 5.91 Å². The molecule has 3 aliphatic rings. The number of hydrogen-bond donors (Lipinski definition) is 2. The average Bonchev–Trinajstić information content (AvgIpc) is 3.07. The molecule has 0 radical (unpaired) electrons. The summed E-state index contributed by atoms with van der Waals surface area (Å²) in [6, 6.07) is 1.23. The first-order valence-electron chi connectivity index (χ1n) is 7.38. The fraction of sp³-hybridized carbons (Fsp3) is 0.929. The third-order valence-corrected chi connectivity index (χ3v) is 4.42. The van der Waals surface area contributed by atoms with E-state index in [0.717, 1.165) is 12.5 Å². The molecule has 4 nitrogen and oxygen atoms in total. The predicted octanol–water partition coefficient (Wildman–Crippen LogP) is 0.857. The average molecular weight is 251 g/mol. The number of rotatable bonds is 8. The minimum Gasteiger partial charge on any atom is -0.368 e. The summed E-state index contributed by atoms with van der Waals surface area (Å²) in [6.07, 6.45) is 7.71. The van der Waals surface area contributed by atoms with Crippen LogP contribution in [0.3, 0.4) is 0 Å². The molecule has 3 aliphatic carbocycles. The molecule has 3 fully saturated rings. The lowest BCUT2D eigenvalue weighted by Gasteiger charge is -2.34. The van der Waals surface area contributed by atoms with Crippen molar-refractivity contribution in [3.8, 4) is 0 Å². The van der Waals surface area contributed by atoms with Crippen LogP contribution in [0.1, 0.15) is 45.4 Å². The highest BCUT2D eigenvalue weighted by atomic mass is 16.1. The van der Waals surface area contributed by atoms with Crippen molar-refractivity contribution in [2.45, 2.75) is 63.1 Å². The summed E-state index contributed by atoms with van der Waals surface area (Å²) in [4.78, 5) is 14.3. The zero-order chi connectivity index (χ0) is 12.8. The molecule has 0 aromatic carbocycles. The normalized spacial score (nSPS) is 27.2. The second-order valence-electron chi connectivity index (χ2n) is 6.72.